The zero-order valence-corrected chi connectivity index (χ0v) is 11.2. The molecule has 3 rings (SSSR count). The number of amides is 1. The molecule has 2 aromatic rings. The summed E-state index contributed by atoms with van der Waals surface area (Å²) < 4.78 is 19.0. The summed E-state index contributed by atoms with van der Waals surface area (Å²) in [7, 11) is 0. The van der Waals surface area contributed by atoms with Crippen molar-refractivity contribution in [2.75, 3.05) is 6.54 Å². The molecular formula is C15H15FN2O2. The Labute approximate surface area is 116 Å². The summed E-state index contributed by atoms with van der Waals surface area (Å²) in [5.74, 6) is -0.110. The van der Waals surface area contributed by atoms with Gasteiger partial charge in [-0.15, -0.1) is 0 Å². The van der Waals surface area contributed by atoms with Crippen LogP contribution in [-0.2, 0) is 0 Å². The van der Waals surface area contributed by atoms with Crippen LogP contribution in [0.15, 0.2) is 34.9 Å². The van der Waals surface area contributed by atoms with Gasteiger partial charge in [0.2, 0.25) is 0 Å². The largest absolute Gasteiger partial charge is 0.359 e. The van der Waals surface area contributed by atoms with E-state index in [0.717, 1.165) is 18.5 Å². The third kappa shape index (κ3) is 2.19. The molecule has 0 aliphatic carbocycles. The number of nitrogens with zero attached hydrogens (tertiary/aromatic N) is 2. The van der Waals surface area contributed by atoms with Crippen LogP contribution in [0, 0.1) is 12.7 Å². The molecule has 0 N–H and O–H groups in total. The first-order valence-electron chi connectivity index (χ1n) is 6.65. The fourth-order valence-electron chi connectivity index (χ4n) is 2.64. The Bertz CT molecular complexity index is 638. The minimum Gasteiger partial charge on any atom is -0.359 e. The Morgan fingerprint density at radius 3 is 2.95 bits per heavy atom. The lowest BCUT2D eigenvalue weighted by Crippen LogP contribution is -2.31. The lowest BCUT2D eigenvalue weighted by molar-refractivity contribution is 0.0710. The van der Waals surface area contributed by atoms with Crippen molar-refractivity contribution >= 4 is 5.91 Å². The van der Waals surface area contributed by atoms with E-state index in [0.29, 0.717) is 12.3 Å². The molecule has 1 aliphatic heterocycles. The minimum atomic E-state index is -0.489. The maximum Gasteiger partial charge on any atom is 0.257 e. The number of halogens is 1. The van der Waals surface area contributed by atoms with Gasteiger partial charge >= 0.3 is 0 Å². The molecule has 0 spiro atoms. The second kappa shape index (κ2) is 5.07. The summed E-state index contributed by atoms with van der Waals surface area (Å²) in [5.41, 5.74) is 0.890. The van der Waals surface area contributed by atoms with Gasteiger partial charge in [-0.2, -0.15) is 0 Å². The molecule has 1 saturated heterocycles. The predicted octanol–water partition coefficient (Wildman–Crippen LogP) is 3.10. The van der Waals surface area contributed by atoms with Crippen molar-refractivity contribution in [1.29, 1.82) is 0 Å². The van der Waals surface area contributed by atoms with Crippen molar-refractivity contribution < 1.29 is 13.7 Å². The molecule has 0 radical (unpaired) electrons. The van der Waals surface area contributed by atoms with E-state index < -0.39 is 5.82 Å². The van der Waals surface area contributed by atoms with Crippen LogP contribution < -0.4 is 0 Å². The number of benzene rings is 1. The van der Waals surface area contributed by atoms with E-state index >= 15 is 0 Å². The van der Waals surface area contributed by atoms with Crippen LogP contribution in [-0.4, -0.2) is 22.5 Å². The second-order valence-corrected chi connectivity index (χ2v) is 5.01. The number of aromatic nitrogens is 1. The number of hydrogen-bond acceptors (Lipinski definition) is 3. The number of aryl methyl sites for hydroxylation is 1. The van der Waals surface area contributed by atoms with Crippen molar-refractivity contribution in [3.8, 4) is 0 Å². The van der Waals surface area contributed by atoms with Crippen LogP contribution >= 0.6 is 0 Å². The first-order valence-corrected chi connectivity index (χ1v) is 6.65. The van der Waals surface area contributed by atoms with E-state index in [1.54, 1.807) is 17.0 Å². The highest BCUT2D eigenvalue weighted by molar-refractivity contribution is 5.94. The molecule has 1 atom stereocenters. The van der Waals surface area contributed by atoms with E-state index in [-0.39, 0.29) is 17.5 Å². The molecule has 1 aromatic carbocycles. The van der Waals surface area contributed by atoms with Gasteiger partial charge in [0.1, 0.15) is 5.82 Å². The minimum absolute atomic E-state index is 0.107. The fourth-order valence-corrected chi connectivity index (χ4v) is 2.64. The van der Waals surface area contributed by atoms with Gasteiger partial charge in [-0.1, -0.05) is 17.3 Å². The van der Waals surface area contributed by atoms with Gasteiger partial charge in [0.25, 0.3) is 5.91 Å². The normalized spacial score (nSPS) is 18.5. The average molecular weight is 274 g/mol. The molecule has 1 unspecified atom stereocenters. The van der Waals surface area contributed by atoms with Crippen LogP contribution in [0.4, 0.5) is 4.39 Å². The van der Waals surface area contributed by atoms with Crippen molar-refractivity contribution in [3.05, 3.63) is 53.2 Å². The van der Waals surface area contributed by atoms with Gasteiger partial charge in [-0.3, -0.25) is 4.79 Å². The van der Waals surface area contributed by atoms with Crippen molar-refractivity contribution in [3.63, 3.8) is 0 Å². The Morgan fingerprint density at radius 1 is 1.45 bits per heavy atom. The van der Waals surface area contributed by atoms with Gasteiger partial charge in [-0.05, 0) is 31.9 Å². The van der Waals surface area contributed by atoms with E-state index in [1.807, 2.05) is 13.0 Å². The summed E-state index contributed by atoms with van der Waals surface area (Å²) in [5, 5.41) is 3.86. The van der Waals surface area contributed by atoms with Crippen molar-refractivity contribution in [2.24, 2.45) is 0 Å². The van der Waals surface area contributed by atoms with Crippen LogP contribution in [0.25, 0.3) is 0 Å². The molecule has 5 heteroatoms. The molecule has 20 heavy (non-hydrogen) atoms. The van der Waals surface area contributed by atoms with Gasteiger partial charge in [0.05, 0.1) is 17.3 Å². The van der Waals surface area contributed by atoms with E-state index in [4.69, 9.17) is 4.52 Å². The summed E-state index contributed by atoms with van der Waals surface area (Å²) in [4.78, 5) is 14.1. The van der Waals surface area contributed by atoms with E-state index in [2.05, 4.69) is 5.16 Å². The van der Waals surface area contributed by atoms with Crippen LogP contribution in [0.3, 0.4) is 0 Å². The predicted molar refractivity (Wildman–Crippen MR) is 70.7 cm³/mol. The fraction of sp³-hybridized carbons (Fsp3) is 0.333. The first kappa shape index (κ1) is 12.8. The zero-order chi connectivity index (χ0) is 14.1. The van der Waals surface area contributed by atoms with Gasteiger partial charge in [0, 0.05) is 12.6 Å². The van der Waals surface area contributed by atoms with Crippen LogP contribution in [0.5, 0.6) is 0 Å². The van der Waals surface area contributed by atoms with E-state index in [1.165, 1.54) is 12.1 Å². The maximum absolute atomic E-state index is 13.7. The Morgan fingerprint density at radius 2 is 2.25 bits per heavy atom. The molecule has 1 aromatic heterocycles. The van der Waals surface area contributed by atoms with Gasteiger partial charge in [0.15, 0.2) is 5.76 Å². The van der Waals surface area contributed by atoms with Crippen LogP contribution in [0.2, 0.25) is 0 Å². The number of carbonyl (C=O) groups is 1. The summed E-state index contributed by atoms with van der Waals surface area (Å²) >= 11 is 0. The van der Waals surface area contributed by atoms with Gasteiger partial charge in [-0.25, -0.2) is 4.39 Å². The lowest BCUT2D eigenvalue weighted by Gasteiger charge is -2.22. The molecule has 0 bridgehead atoms. The number of hydrogen-bond donors (Lipinski definition) is 0. The SMILES string of the molecule is Cc1cc(C2CCCN2C(=O)c2ccccc2F)on1. The quantitative estimate of drug-likeness (QED) is 0.845. The lowest BCUT2D eigenvalue weighted by atomic mass is 10.1. The molecule has 0 saturated carbocycles. The standard InChI is InChI=1S/C15H15FN2O2/c1-10-9-14(20-17-10)13-7-4-8-18(13)15(19)11-5-2-3-6-12(11)16/h2-3,5-6,9,13H,4,7-8H2,1H3. The molecule has 1 aliphatic rings. The summed E-state index contributed by atoms with van der Waals surface area (Å²) in [6.07, 6.45) is 1.69. The van der Waals surface area contributed by atoms with E-state index in [9.17, 15) is 9.18 Å². The Hall–Kier alpha value is -2.17. The maximum atomic E-state index is 13.7. The third-order valence-corrected chi connectivity index (χ3v) is 3.59. The Kier molecular flexibility index (Phi) is 3.26. The number of rotatable bonds is 2. The number of carbonyl (C=O) groups excluding carboxylic acids is 1. The second-order valence-electron chi connectivity index (χ2n) is 5.01. The Balaban J connectivity index is 1.89. The molecule has 4 nitrogen and oxygen atoms in total. The molecule has 104 valence electrons. The van der Waals surface area contributed by atoms with Crippen molar-refractivity contribution in [1.82, 2.24) is 10.1 Å². The zero-order valence-electron chi connectivity index (χ0n) is 11.2. The molecule has 1 amide bonds. The van der Waals surface area contributed by atoms with Gasteiger partial charge < -0.3 is 9.42 Å². The smallest absolute Gasteiger partial charge is 0.257 e. The average Bonchev–Trinajstić information content (AvgIpc) is 3.06. The van der Waals surface area contributed by atoms with Crippen LogP contribution in [0.1, 0.15) is 40.7 Å². The summed E-state index contributed by atoms with van der Waals surface area (Å²) in [6.45, 7) is 2.45. The highest BCUT2D eigenvalue weighted by Gasteiger charge is 2.33. The number of likely N-dealkylation sites (tertiary alicyclic amines) is 1. The highest BCUT2D eigenvalue weighted by Crippen LogP contribution is 2.33. The monoisotopic (exact) mass is 274 g/mol. The topological polar surface area (TPSA) is 46.3 Å². The third-order valence-electron chi connectivity index (χ3n) is 3.59. The molecule has 1 fully saturated rings. The molecular weight excluding hydrogens is 259 g/mol. The summed E-state index contributed by atoms with van der Waals surface area (Å²) in [6, 6.07) is 7.74. The van der Waals surface area contributed by atoms with Crippen molar-refractivity contribution in [2.45, 2.75) is 25.8 Å². The molecule has 2 heterocycles. The highest BCUT2D eigenvalue weighted by atomic mass is 19.1. The first-order chi connectivity index (χ1) is 9.66.